The summed E-state index contributed by atoms with van der Waals surface area (Å²) in [6.45, 7) is 6.20. The van der Waals surface area contributed by atoms with E-state index in [9.17, 15) is 14.0 Å². The molecule has 0 fully saturated rings. The third-order valence-electron chi connectivity index (χ3n) is 6.03. The van der Waals surface area contributed by atoms with Crippen molar-refractivity contribution in [1.29, 1.82) is 0 Å². The Morgan fingerprint density at radius 2 is 1.83 bits per heavy atom. The summed E-state index contributed by atoms with van der Waals surface area (Å²) in [5.41, 5.74) is 2.19. The molecule has 1 heterocycles. The number of aromatic nitrogens is 2. The summed E-state index contributed by atoms with van der Waals surface area (Å²) in [6.07, 6.45) is 0.697. The SMILES string of the molecule is CCCN(C(=O)c1ccc(F)cc1)C(C)c1nc2ccccc2c(=O)n1-c1cc(C)ccc1OC. The van der Waals surface area contributed by atoms with Crippen LogP contribution in [0, 0.1) is 12.7 Å². The first-order valence-corrected chi connectivity index (χ1v) is 11.6. The van der Waals surface area contributed by atoms with Gasteiger partial charge in [0.2, 0.25) is 0 Å². The van der Waals surface area contributed by atoms with Crippen molar-refractivity contribution in [2.75, 3.05) is 13.7 Å². The van der Waals surface area contributed by atoms with Crippen LogP contribution in [0.5, 0.6) is 5.75 Å². The summed E-state index contributed by atoms with van der Waals surface area (Å²) in [4.78, 5) is 33.8. The maximum absolute atomic E-state index is 13.8. The molecule has 6 nitrogen and oxygen atoms in total. The van der Waals surface area contributed by atoms with Crippen molar-refractivity contribution in [3.8, 4) is 11.4 Å². The molecule has 0 radical (unpaired) electrons. The van der Waals surface area contributed by atoms with Gasteiger partial charge in [0.05, 0.1) is 29.7 Å². The molecule has 35 heavy (non-hydrogen) atoms. The van der Waals surface area contributed by atoms with E-state index in [4.69, 9.17) is 9.72 Å². The molecule has 4 aromatic rings. The Labute approximate surface area is 203 Å². The fourth-order valence-corrected chi connectivity index (χ4v) is 4.25. The van der Waals surface area contributed by atoms with Crippen LogP contribution in [0.1, 0.15) is 48.1 Å². The normalized spacial score (nSPS) is 11.9. The van der Waals surface area contributed by atoms with Crippen molar-refractivity contribution in [3.63, 3.8) is 0 Å². The first-order chi connectivity index (χ1) is 16.8. The zero-order chi connectivity index (χ0) is 25.1. The largest absolute Gasteiger partial charge is 0.495 e. The number of nitrogens with zero attached hydrogens (tertiary/aromatic N) is 3. The molecule has 1 atom stereocenters. The predicted molar refractivity (Wildman–Crippen MR) is 135 cm³/mol. The molecule has 4 rings (SSSR count). The van der Waals surface area contributed by atoms with Crippen LogP contribution in [-0.4, -0.2) is 34.0 Å². The molecule has 0 aliphatic carbocycles. The second-order valence-corrected chi connectivity index (χ2v) is 8.48. The van der Waals surface area contributed by atoms with Gasteiger partial charge >= 0.3 is 0 Å². The van der Waals surface area contributed by atoms with Crippen molar-refractivity contribution in [2.24, 2.45) is 0 Å². The van der Waals surface area contributed by atoms with Gasteiger partial charge in [0, 0.05) is 12.1 Å². The van der Waals surface area contributed by atoms with Crippen molar-refractivity contribution in [3.05, 3.63) is 99.9 Å². The number of carbonyl (C=O) groups is 1. The Morgan fingerprint density at radius 3 is 2.51 bits per heavy atom. The fourth-order valence-electron chi connectivity index (χ4n) is 4.25. The molecular formula is C28H28FN3O3. The number of fused-ring (bicyclic) bond motifs is 1. The lowest BCUT2D eigenvalue weighted by Crippen LogP contribution is -2.38. The van der Waals surface area contributed by atoms with Crippen molar-refractivity contribution in [2.45, 2.75) is 33.2 Å². The minimum atomic E-state index is -0.560. The second kappa shape index (κ2) is 10.1. The molecular weight excluding hydrogens is 445 g/mol. The topological polar surface area (TPSA) is 64.4 Å². The maximum atomic E-state index is 13.8. The number of rotatable bonds is 7. The number of hydrogen-bond donors (Lipinski definition) is 0. The Bertz CT molecular complexity index is 1430. The lowest BCUT2D eigenvalue weighted by Gasteiger charge is -2.30. The fraction of sp³-hybridized carbons (Fsp3) is 0.250. The molecule has 0 aliphatic heterocycles. The molecule has 1 amide bonds. The van der Waals surface area contributed by atoms with Gasteiger partial charge in [-0.2, -0.15) is 0 Å². The van der Waals surface area contributed by atoms with Crippen LogP contribution in [0.3, 0.4) is 0 Å². The third kappa shape index (κ3) is 4.67. The highest BCUT2D eigenvalue weighted by Crippen LogP contribution is 2.29. The van der Waals surface area contributed by atoms with Crippen LogP contribution in [-0.2, 0) is 0 Å². The van der Waals surface area contributed by atoms with Crippen LogP contribution in [0.4, 0.5) is 4.39 Å². The molecule has 1 unspecified atom stereocenters. The van der Waals surface area contributed by atoms with Crippen LogP contribution in [0.2, 0.25) is 0 Å². The molecule has 0 aliphatic rings. The van der Waals surface area contributed by atoms with Gasteiger partial charge in [-0.15, -0.1) is 0 Å². The van der Waals surface area contributed by atoms with Crippen molar-refractivity contribution < 1.29 is 13.9 Å². The number of aryl methyl sites for hydroxylation is 1. The van der Waals surface area contributed by atoms with E-state index in [0.29, 0.717) is 46.7 Å². The van der Waals surface area contributed by atoms with Crippen LogP contribution < -0.4 is 10.3 Å². The van der Waals surface area contributed by atoms with E-state index < -0.39 is 11.9 Å². The minimum Gasteiger partial charge on any atom is -0.495 e. The average Bonchev–Trinajstić information content (AvgIpc) is 2.87. The first kappa shape index (κ1) is 24.1. The van der Waals surface area contributed by atoms with Gasteiger partial charge in [-0.3, -0.25) is 14.2 Å². The van der Waals surface area contributed by atoms with E-state index in [2.05, 4.69) is 0 Å². The van der Waals surface area contributed by atoms with Crippen molar-refractivity contribution >= 4 is 16.8 Å². The molecule has 0 saturated carbocycles. The highest BCUT2D eigenvalue weighted by Gasteiger charge is 2.28. The summed E-state index contributed by atoms with van der Waals surface area (Å²) < 4.78 is 20.6. The molecule has 0 bridgehead atoms. The summed E-state index contributed by atoms with van der Waals surface area (Å²) >= 11 is 0. The number of carbonyl (C=O) groups excluding carboxylic acids is 1. The number of para-hydroxylation sites is 1. The summed E-state index contributed by atoms with van der Waals surface area (Å²) in [5.74, 6) is 0.273. The quantitative estimate of drug-likeness (QED) is 0.358. The van der Waals surface area contributed by atoms with Crippen molar-refractivity contribution in [1.82, 2.24) is 14.5 Å². The zero-order valence-electron chi connectivity index (χ0n) is 20.3. The van der Waals surface area contributed by atoms with Crippen LogP contribution in [0.15, 0.2) is 71.5 Å². The highest BCUT2D eigenvalue weighted by molar-refractivity contribution is 5.94. The number of methoxy groups -OCH3 is 1. The smallest absolute Gasteiger partial charge is 0.266 e. The van der Waals surface area contributed by atoms with E-state index >= 15 is 0 Å². The first-order valence-electron chi connectivity index (χ1n) is 11.6. The van der Waals surface area contributed by atoms with E-state index in [1.807, 2.05) is 45.0 Å². The Morgan fingerprint density at radius 1 is 1.11 bits per heavy atom. The van der Waals surface area contributed by atoms with Gasteiger partial charge in [-0.05, 0) is 74.4 Å². The molecule has 1 aromatic heterocycles. The number of amides is 1. The maximum Gasteiger partial charge on any atom is 0.266 e. The van der Waals surface area contributed by atoms with Gasteiger partial charge in [-0.25, -0.2) is 9.37 Å². The third-order valence-corrected chi connectivity index (χ3v) is 6.03. The lowest BCUT2D eigenvalue weighted by molar-refractivity contribution is 0.0681. The minimum absolute atomic E-state index is 0.243. The predicted octanol–water partition coefficient (Wildman–Crippen LogP) is 5.46. The highest BCUT2D eigenvalue weighted by atomic mass is 19.1. The molecule has 0 N–H and O–H groups in total. The summed E-state index contributed by atoms with van der Waals surface area (Å²) in [5, 5.41) is 0.471. The second-order valence-electron chi connectivity index (χ2n) is 8.48. The van der Waals surface area contributed by atoms with E-state index in [-0.39, 0.29) is 11.5 Å². The van der Waals surface area contributed by atoms with E-state index in [1.165, 1.54) is 24.3 Å². The van der Waals surface area contributed by atoms with Gasteiger partial charge in [0.15, 0.2) is 0 Å². The molecule has 3 aromatic carbocycles. The van der Waals surface area contributed by atoms with Crippen LogP contribution in [0.25, 0.3) is 16.6 Å². The number of ether oxygens (including phenoxy) is 1. The van der Waals surface area contributed by atoms with Gasteiger partial charge in [-0.1, -0.05) is 25.1 Å². The van der Waals surface area contributed by atoms with E-state index in [0.717, 1.165) is 5.56 Å². The Balaban J connectivity index is 1.95. The van der Waals surface area contributed by atoms with Crippen LogP contribution >= 0.6 is 0 Å². The van der Waals surface area contributed by atoms with Gasteiger partial charge in [0.25, 0.3) is 11.5 Å². The average molecular weight is 474 g/mol. The lowest BCUT2D eigenvalue weighted by atomic mass is 10.1. The molecule has 180 valence electrons. The summed E-state index contributed by atoms with van der Waals surface area (Å²) in [7, 11) is 1.55. The van der Waals surface area contributed by atoms with E-state index in [1.54, 1.807) is 34.8 Å². The number of halogens is 1. The molecule has 0 saturated heterocycles. The Hall–Kier alpha value is -4.00. The summed E-state index contributed by atoms with van der Waals surface area (Å²) in [6, 6.07) is 17.7. The standard InChI is InChI=1S/C28H28FN3O3/c1-5-16-31(27(33)20-11-13-21(29)14-12-20)19(3)26-30-23-9-7-6-8-22(23)28(34)32(26)24-17-18(2)10-15-25(24)35-4/h6-15,17,19H,5,16H2,1-4H3. The van der Waals surface area contributed by atoms with Gasteiger partial charge < -0.3 is 9.64 Å². The Kier molecular flexibility index (Phi) is 6.96. The monoisotopic (exact) mass is 473 g/mol. The zero-order valence-corrected chi connectivity index (χ0v) is 20.3. The number of benzene rings is 3. The van der Waals surface area contributed by atoms with Gasteiger partial charge in [0.1, 0.15) is 17.4 Å². The number of hydrogen-bond acceptors (Lipinski definition) is 4. The molecule has 0 spiro atoms. The molecule has 7 heteroatoms.